The Morgan fingerprint density at radius 2 is 2.13 bits per heavy atom. The minimum atomic E-state index is 0.239. The van der Waals surface area contributed by atoms with E-state index in [1.165, 1.54) is 5.56 Å². The Kier molecular flexibility index (Phi) is 5.08. The van der Waals surface area contributed by atoms with Crippen LogP contribution < -0.4 is 10.2 Å². The molecule has 0 spiro atoms. The number of amides is 1. The molecular formula is C18H24N4O. The molecule has 0 unspecified atom stereocenters. The Balaban J connectivity index is 1.47. The molecule has 122 valence electrons. The number of rotatable bonds is 7. The molecule has 1 aliphatic rings. The van der Waals surface area contributed by atoms with Crippen molar-refractivity contribution >= 4 is 11.6 Å². The summed E-state index contributed by atoms with van der Waals surface area (Å²) >= 11 is 0. The maximum Gasteiger partial charge on any atom is 0.227 e. The molecule has 2 heterocycles. The number of imidazole rings is 1. The van der Waals surface area contributed by atoms with Gasteiger partial charge in [-0.1, -0.05) is 12.1 Å². The average molecular weight is 312 g/mol. The monoisotopic (exact) mass is 312 g/mol. The van der Waals surface area contributed by atoms with Gasteiger partial charge in [0.2, 0.25) is 5.91 Å². The number of benzene rings is 1. The summed E-state index contributed by atoms with van der Waals surface area (Å²) in [5.41, 5.74) is 2.27. The van der Waals surface area contributed by atoms with Crippen LogP contribution in [0.25, 0.3) is 0 Å². The fraction of sp³-hybridized carbons (Fsp3) is 0.444. The quantitative estimate of drug-likeness (QED) is 0.800. The van der Waals surface area contributed by atoms with Gasteiger partial charge in [-0.3, -0.25) is 4.79 Å². The Morgan fingerprint density at radius 3 is 2.78 bits per heavy atom. The molecule has 5 nitrogen and oxygen atoms in total. The summed E-state index contributed by atoms with van der Waals surface area (Å²) in [5.74, 6) is 0.239. The molecule has 0 aliphatic carbocycles. The van der Waals surface area contributed by atoms with E-state index >= 15 is 0 Å². The van der Waals surface area contributed by atoms with Crippen molar-refractivity contribution in [3.05, 3.63) is 48.5 Å². The Hall–Kier alpha value is -2.14. The van der Waals surface area contributed by atoms with Gasteiger partial charge >= 0.3 is 0 Å². The number of carbonyl (C=O) groups is 1. The van der Waals surface area contributed by atoms with E-state index in [1.807, 2.05) is 23.6 Å². The third kappa shape index (κ3) is 3.99. The van der Waals surface area contributed by atoms with Crippen molar-refractivity contribution in [1.82, 2.24) is 14.9 Å². The summed E-state index contributed by atoms with van der Waals surface area (Å²) in [6.45, 7) is 4.97. The zero-order chi connectivity index (χ0) is 16.1. The van der Waals surface area contributed by atoms with Gasteiger partial charge in [-0.2, -0.15) is 0 Å². The van der Waals surface area contributed by atoms with Crippen molar-refractivity contribution in [3.8, 4) is 0 Å². The molecule has 0 bridgehead atoms. The number of nitrogens with zero attached hydrogens (tertiary/aromatic N) is 3. The second kappa shape index (κ2) is 7.42. The molecule has 1 amide bonds. The van der Waals surface area contributed by atoms with Gasteiger partial charge in [-0.15, -0.1) is 0 Å². The molecule has 0 radical (unpaired) electrons. The van der Waals surface area contributed by atoms with Crippen LogP contribution in [-0.4, -0.2) is 28.5 Å². The highest BCUT2D eigenvalue weighted by atomic mass is 16.2. The molecule has 23 heavy (non-hydrogen) atoms. The predicted octanol–water partition coefficient (Wildman–Crippen LogP) is 2.75. The minimum Gasteiger partial charge on any atom is -0.337 e. The summed E-state index contributed by atoms with van der Waals surface area (Å²) in [6, 6.07) is 8.66. The van der Waals surface area contributed by atoms with E-state index < -0.39 is 0 Å². The number of aryl methyl sites for hydroxylation is 1. The van der Waals surface area contributed by atoms with Gasteiger partial charge in [-0.25, -0.2) is 4.98 Å². The van der Waals surface area contributed by atoms with Crippen LogP contribution >= 0.6 is 0 Å². The molecule has 1 saturated heterocycles. The lowest BCUT2D eigenvalue weighted by Gasteiger charge is -2.18. The third-order valence-electron chi connectivity index (χ3n) is 4.38. The topological polar surface area (TPSA) is 50.2 Å². The van der Waals surface area contributed by atoms with E-state index in [2.05, 4.69) is 46.1 Å². The van der Waals surface area contributed by atoms with Gasteiger partial charge in [0, 0.05) is 43.6 Å². The van der Waals surface area contributed by atoms with Crippen molar-refractivity contribution in [1.29, 1.82) is 0 Å². The Morgan fingerprint density at radius 1 is 1.30 bits per heavy atom. The van der Waals surface area contributed by atoms with Crippen LogP contribution in [0.4, 0.5) is 5.69 Å². The van der Waals surface area contributed by atoms with Crippen LogP contribution in [0.15, 0.2) is 43.0 Å². The van der Waals surface area contributed by atoms with E-state index in [4.69, 9.17) is 0 Å². The van der Waals surface area contributed by atoms with Crippen molar-refractivity contribution < 1.29 is 4.79 Å². The normalized spacial score (nSPS) is 16.0. The minimum absolute atomic E-state index is 0.239. The maximum atomic E-state index is 11.8. The molecule has 3 rings (SSSR count). The molecule has 1 atom stereocenters. The van der Waals surface area contributed by atoms with Gasteiger partial charge in [0.15, 0.2) is 0 Å². The first-order valence-corrected chi connectivity index (χ1v) is 8.33. The number of hydrogen-bond donors (Lipinski definition) is 1. The third-order valence-corrected chi connectivity index (χ3v) is 4.38. The van der Waals surface area contributed by atoms with Crippen LogP contribution in [0.3, 0.4) is 0 Å². The lowest BCUT2D eigenvalue weighted by atomic mass is 10.1. The summed E-state index contributed by atoms with van der Waals surface area (Å²) in [7, 11) is 0. The number of carbonyl (C=O) groups excluding carboxylic acids is 1. The van der Waals surface area contributed by atoms with Crippen LogP contribution in [0.1, 0.15) is 37.8 Å². The zero-order valence-electron chi connectivity index (χ0n) is 13.6. The number of anilines is 1. The average Bonchev–Trinajstić information content (AvgIpc) is 3.23. The molecule has 1 aromatic carbocycles. The molecule has 1 N–H and O–H groups in total. The van der Waals surface area contributed by atoms with Crippen LogP contribution in [0, 0.1) is 0 Å². The molecule has 1 fully saturated rings. The standard InChI is InChI=1S/C18H24N4O/c1-15(20-9-3-11-21-13-10-19-14-21)16-5-7-17(8-6-16)22-12-2-4-18(22)23/h5-8,10,13-15,20H,2-4,9,11-12H2,1H3/t15-/m1/s1. The summed E-state index contributed by atoms with van der Waals surface area (Å²) < 4.78 is 2.09. The second-order valence-corrected chi connectivity index (χ2v) is 6.07. The van der Waals surface area contributed by atoms with Crippen LogP contribution in [-0.2, 0) is 11.3 Å². The first-order chi connectivity index (χ1) is 11.2. The summed E-state index contributed by atoms with van der Waals surface area (Å²) in [4.78, 5) is 17.7. The van der Waals surface area contributed by atoms with E-state index in [-0.39, 0.29) is 5.91 Å². The van der Waals surface area contributed by atoms with Crippen molar-refractivity contribution in [2.24, 2.45) is 0 Å². The van der Waals surface area contributed by atoms with Crippen LogP contribution in [0.5, 0.6) is 0 Å². The molecule has 1 aliphatic heterocycles. The SMILES string of the molecule is C[C@@H](NCCCn1ccnc1)c1ccc(N2CCCC2=O)cc1. The molecule has 5 heteroatoms. The fourth-order valence-corrected chi connectivity index (χ4v) is 2.98. The number of hydrogen-bond acceptors (Lipinski definition) is 3. The Labute approximate surface area is 137 Å². The largest absolute Gasteiger partial charge is 0.337 e. The second-order valence-electron chi connectivity index (χ2n) is 6.07. The summed E-state index contributed by atoms with van der Waals surface area (Å²) in [6.07, 6.45) is 8.36. The number of aromatic nitrogens is 2. The van der Waals surface area contributed by atoms with Crippen LogP contribution in [0.2, 0.25) is 0 Å². The highest BCUT2D eigenvalue weighted by Gasteiger charge is 2.21. The first kappa shape index (κ1) is 15.7. The maximum absolute atomic E-state index is 11.8. The van der Waals surface area contributed by atoms with E-state index in [1.54, 1.807) is 0 Å². The van der Waals surface area contributed by atoms with Gasteiger partial charge in [-0.05, 0) is 44.0 Å². The van der Waals surface area contributed by atoms with Gasteiger partial charge in [0.1, 0.15) is 0 Å². The molecule has 0 saturated carbocycles. The molecule has 1 aromatic heterocycles. The van der Waals surface area contributed by atoms with Gasteiger partial charge in [0.25, 0.3) is 0 Å². The lowest BCUT2D eigenvalue weighted by molar-refractivity contribution is -0.117. The molecule has 2 aromatic rings. The number of nitrogens with one attached hydrogen (secondary N) is 1. The van der Waals surface area contributed by atoms with E-state index in [9.17, 15) is 4.79 Å². The first-order valence-electron chi connectivity index (χ1n) is 8.33. The van der Waals surface area contributed by atoms with Crippen molar-refractivity contribution in [3.63, 3.8) is 0 Å². The molecular weight excluding hydrogens is 288 g/mol. The van der Waals surface area contributed by atoms with Crippen molar-refractivity contribution in [2.45, 2.75) is 38.8 Å². The highest BCUT2D eigenvalue weighted by Crippen LogP contribution is 2.23. The lowest BCUT2D eigenvalue weighted by Crippen LogP contribution is -2.24. The van der Waals surface area contributed by atoms with E-state index in [0.717, 1.165) is 38.2 Å². The highest BCUT2D eigenvalue weighted by molar-refractivity contribution is 5.95. The van der Waals surface area contributed by atoms with E-state index in [0.29, 0.717) is 12.5 Å². The Bertz CT molecular complexity index is 621. The van der Waals surface area contributed by atoms with Crippen molar-refractivity contribution in [2.75, 3.05) is 18.0 Å². The van der Waals surface area contributed by atoms with Gasteiger partial charge in [0.05, 0.1) is 6.33 Å². The van der Waals surface area contributed by atoms with Gasteiger partial charge < -0.3 is 14.8 Å². The summed E-state index contributed by atoms with van der Waals surface area (Å²) in [5, 5.41) is 3.54. The zero-order valence-corrected chi connectivity index (χ0v) is 13.6. The predicted molar refractivity (Wildman–Crippen MR) is 91.3 cm³/mol. The smallest absolute Gasteiger partial charge is 0.227 e. The fourth-order valence-electron chi connectivity index (χ4n) is 2.98.